The summed E-state index contributed by atoms with van der Waals surface area (Å²) < 4.78 is 47.9. The summed E-state index contributed by atoms with van der Waals surface area (Å²) in [6.45, 7) is 2.97. The minimum atomic E-state index is -5.08. The normalized spacial score (nSPS) is 26.3. The number of carboxylic acid groups (broad SMARTS) is 1. The number of hydrogen-bond donors (Lipinski definition) is 1. The zero-order valence-corrected chi connectivity index (χ0v) is 22.8. The predicted octanol–water partition coefficient (Wildman–Crippen LogP) is 3.79. The minimum absolute atomic E-state index is 0.190. The zero-order chi connectivity index (χ0) is 30.4. The van der Waals surface area contributed by atoms with Gasteiger partial charge in [0.2, 0.25) is 18.6 Å². The van der Waals surface area contributed by atoms with Crippen molar-refractivity contribution in [2.45, 2.75) is 43.9 Å². The van der Waals surface area contributed by atoms with Gasteiger partial charge in [-0.1, -0.05) is 30.3 Å². The third-order valence-electron chi connectivity index (χ3n) is 8.41. The Labute approximate surface area is 238 Å². The third kappa shape index (κ3) is 4.65. The number of hydrogen-bond acceptors (Lipinski definition) is 8. The molecule has 42 heavy (non-hydrogen) atoms. The molecule has 2 aromatic rings. The van der Waals surface area contributed by atoms with E-state index < -0.39 is 35.5 Å². The molecule has 1 N–H and O–H groups in total. The number of fused-ring (bicyclic) bond motifs is 4. The number of ether oxygens (including phenoxy) is 3. The van der Waals surface area contributed by atoms with E-state index in [0.717, 1.165) is 41.0 Å². The molecule has 4 heterocycles. The second-order valence-electron chi connectivity index (χ2n) is 10.4. The Hall–Kier alpha value is -4.13. The van der Waals surface area contributed by atoms with Crippen LogP contribution in [-0.4, -0.2) is 77.4 Å². The van der Waals surface area contributed by atoms with Gasteiger partial charge in [-0.2, -0.15) is 13.2 Å². The highest BCUT2D eigenvalue weighted by molar-refractivity contribution is 6.09. The van der Waals surface area contributed by atoms with Crippen LogP contribution in [0.25, 0.3) is 11.1 Å². The second-order valence-corrected chi connectivity index (χ2v) is 10.4. The summed E-state index contributed by atoms with van der Waals surface area (Å²) in [4.78, 5) is 52.6. The van der Waals surface area contributed by atoms with Gasteiger partial charge >= 0.3 is 18.1 Å². The van der Waals surface area contributed by atoms with E-state index in [-0.39, 0.29) is 24.6 Å². The number of amides is 2. The monoisotopic (exact) mass is 590 g/mol. The molecule has 4 atom stereocenters. The molecule has 0 aliphatic carbocycles. The van der Waals surface area contributed by atoms with Gasteiger partial charge in [0.05, 0.1) is 18.9 Å². The lowest BCUT2D eigenvalue weighted by Gasteiger charge is -2.44. The second kappa shape index (κ2) is 10.9. The third-order valence-corrected chi connectivity index (χ3v) is 8.41. The van der Waals surface area contributed by atoms with Gasteiger partial charge in [0, 0.05) is 12.6 Å². The maximum absolute atomic E-state index is 13.5. The number of carbonyl (C=O) groups is 4. The number of carbonyl (C=O) groups excluding carboxylic acids is 3. The van der Waals surface area contributed by atoms with Crippen molar-refractivity contribution in [2.24, 2.45) is 11.8 Å². The largest absolute Gasteiger partial charge is 0.490 e. The molecule has 6 rings (SSSR count). The van der Waals surface area contributed by atoms with Gasteiger partial charge in [0.15, 0.2) is 11.5 Å². The average molecular weight is 591 g/mol. The number of methoxy groups -OCH3 is 1. The Morgan fingerprint density at radius 1 is 1.02 bits per heavy atom. The average Bonchev–Trinajstić information content (AvgIpc) is 3.64. The van der Waals surface area contributed by atoms with E-state index in [1.165, 1.54) is 12.0 Å². The highest BCUT2D eigenvalue weighted by Crippen LogP contribution is 2.58. The molecule has 0 saturated carbocycles. The first-order valence-corrected chi connectivity index (χ1v) is 13.5. The van der Waals surface area contributed by atoms with Crippen LogP contribution in [0.2, 0.25) is 0 Å². The Morgan fingerprint density at radius 2 is 1.67 bits per heavy atom. The van der Waals surface area contributed by atoms with E-state index in [9.17, 15) is 27.6 Å². The number of piperidine rings is 1. The number of benzene rings is 2. The van der Waals surface area contributed by atoms with Crippen molar-refractivity contribution in [1.82, 2.24) is 9.80 Å². The number of esters is 1. The van der Waals surface area contributed by atoms with Gasteiger partial charge in [0.1, 0.15) is 5.54 Å². The maximum atomic E-state index is 13.5. The minimum Gasteiger partial charge on any atom is -0.475 e. The first-order valence-electron chi connectivity index (χ1n) is 13.5. The molecule has 0 aromatic heterocycles. The first-order chi connectivity index (χ1) is 19.9. The molecule has 0 spiro atoms. The summed E-state index contributed by atoms with van der Waals surface area (Å²) in [7, 11) is 1.37. The van der Waals surface area contributed by atoms with Crippen molar-refractivity contribution in [1.29, 1.82) is 0 Å². The number of nitrogens with zero attached hydrogens (tertiary/aromatic N) is 2. The zero-order valence-electron chi connectivity index (χ0n) is 22.8. The van der Waals surface area contributed by atoms with Gasteiger partial charge in [-0.05, 0) is 61.6 Å². The lowest BCUT2D eigenvalue weighted by molar-refractivity contribution is -0.192. The highest BCUT2D eigenvalue weighted by Gasteiger charge is 2.72. The van der Waals surface area contributed by atoms with Crippen LogP contribution >= 0.6 is 0 Å². The van der Waals surface area contributed by atoms with E-state index in [1.54, 1.807) is 6.92 Å². The molecule has 224 valence electrons. The molecule has 0 unspecified atom stereocenters. The molecule has 2 amide bonds. The molecular weight excluding hydrogens is 561 g/mol. The molecular formula is C29H29F3N2O8. The van der Waals surface area contributed by atoms with Crippen LogP contribution in [0.1, 0.15) is 37.8 Å². The number of alkyl halides is 3. The molecule has 4 aliphatic heterocycles. The first kappa shape index (κ1) is 29.4. The Balaban J connectivity index is 0.000000451. The van der Waals surface area contributed by atoms with E-state index in [2.05, 4.69) is 4.90 Å². The van der Waals surface area contributed by atoms with E-state index in [1.807, 2.05) is 42.5 Å². The Bertz CT molecular complexity index is 1410. The molecule has 0 bridgehead atoms. The summed E-state index contributed by atoms with van der Waals surface area (Å²) in [6.07, 6.45) is -2.84. The number of carboxylic acids is 1. The topological polar surface area (TPSA) is 123 Å². The fraction of sp³-hybridized carbons (Fsp3) is 0.448. The predicted molar refractivity (Wildman–Crippen MR) is 139 cm³/mol. The van der Waals surface area contributed by atoms with Crippen molar-refractivity contribution in [3.05, 3.63) is 48.0 Å². The number of imide groups is 1. The fourth-order valence-electron chi connectivity index (χ4n) is 6.68. The van der Waals surface area contributed by atoms with E-state index in [0.29, 0.717) is 19.5 Å². The van der Waals surface area contributed by atoms with Crippen molar-refractivity contribution < 1.29 is 51.7 Å². The van der Waals surface area contributed by atoms with Gasteiger partial charge in [-0.25, -0.2) is 4.79 Å². The summed E-state index contributed by atoms with van der Waals surface area (Å²) >= 11 is 0. The summed E-state index contributed by atoms with van der Waals surface area (Å²) in [5.41, 5.74) is 1.82. The standard InChI is InChI=1S/C27H28N2O6.C2HF3O2/c1-3-28-24(30)21-22(25(28)31)27(26(32)33-2)12-4-5-13-29(27)23(21)17-8-6-16(7-9-17)18-10-11-19-20(14-18)35-15-34-19;3-2(4,5)1(6)7/h6-11,14,21-23H,3-5,12-13,15H2,1-2H3;(H,6,7)/t21-,22-,23+,27-;/m0./s1. The van der Waals surface area contributed by atoms with E-state index >= 15 is 0 Å². The summed E-state index contributed by atoms with van der Waals surface area (Å²) in [5.74, 6) is -3.48. The molecule has 2 aromatic carbocycles. The van der Waals surface area contributed by atoms with Crippen LogP contribution in [0.5, 0.6) is 11.5 Å². The van der Waals surface area contributed by atoms with Crippen LogP contribution < -0.4 is 9.47 Å². The summed E-state index contributed by atoms with van der Waals surface area (Å²) in [6, 6.07) is 13.5. The van der Waals surface area contributed by atoms with Gasteiger partial charge in [-0.15, -0.1) is 0 Å². The number of aliphatic carboxylic acids is 1. The Kier molecular flexibility index (Phi) is 7.64. The summed E-state index contributed by atoms with van der Waals surface area (Å²) in [5, 5.41) is 7.12. The van der Waals surface area contributed by atoms with Crippen LogP contribution in [0.3, 0.4) is 0 Å². The Morgan fingerprint density at radius 3 is 2.29 bits per heavy atom. The smallest absolute Gasteiger partial charge is 0.475 e. The van der Waals surface area contributed by atoms with Gasteiger partial charge in [0.25, 0.3) is 0 Å². The highest BCUT2D eigenvalue weighted by atomic mass is 19.4. The molecule has 0 radical (unpaired) electrons. The van der Waals surface area contributed by atoms with E-state index in [4.69, 9.17) is 24.1 Å². The van der Waals surface area contributed by atoms with Gasteiger partial charge in [-0.3, -0.25) is 24.2 Å². The molecule has 3 fully saturated rings. The molecule has 10 nitrogen and oxygen atoms in total. The number of halogens is 3. The molecule has 13 heteroatoms. The van der Waals surface area contributed by atoms with Crippen LogP contribution in [0, 0.1) is 11.8 Å². The maximum Gasteiger partial charge on any atom is 0.490 e. The van der Waals surface area contributed by atoms with Crippen molar-refractivity contribution >= 4 is 23.8 Å². The number of rotatable bonds is 4. The number of likely N-dealkylation sites (tertiary alicyclic amines) is 1. The van der Waals surface area contributed by atoms with Crippen molar-refractivity contribution in [2.75, 3.05) is 27.0 Å². The van der Waals surface area contributed by atoms with Gasteiger partial charge < -0.3 is 19.3 Å². The van der Waals surface area contributed by atoms with Crippen LogP contribution in [-0.2, 0) is 23.9 Å². The quantitative estimate of drug-likeness (QED) is 0.419. The van der Waals surface area contributed by atoms with Crippen molar-refractivity contribution in [3.8, 4) is 22.6 Å². The fourth-order valence-corrected chi connectivity index (χ4v) is 6.68. The molecule has 4 aliphatic rings. The SMILES string of the molecule is CCN1C(=O)[C@@H]2[C@@H](c3ccc(-c4ccc5c(c4)OCO5)cc3)N3CCCC[C@@]3(C(=O)OC)[C@@H]2C1=O.O=C(O)C(F)(F)F. The van der Waals surface area contributed by atoms with Crippen molar-refractivity contribution in [3.63, 3.8) is 0 Å². The lowest BCUT2D eigenvalue weighted by atomic mass is 9.75. The van der Waals surface area contributed by atoms with Crippen LogP contribution in [0.4, 0.5) is 13.2 Å². The molecule has 3 saturated heterocycles. The lowest BCUT2D eigenvalue weighted by Crippen LogP contribution is -2.59. The van der Waals surface area contributed by atoms with Crippen LogP contribution in [0.15, 0.2) is 42.5 Å².